The summed E-state index contributed by atoms with van der Waals surface area (Å²) < 4.78 is 28.2. The third-order valence-corrected chi connectivity index (χ3v) is 2.83. The number of benzene rings is 1. The van der Waals surface area contributed by atoms with Crippen molar-refractivity contribution in [3.8, 4) is 0 Å². The SMILES string of the molecule is Cc1nc2ccc(F)cn2c1N=Nc1ccccc1F. The summed E-state index contributed by atoms with van der Waals surface area (Å²) in [4.78, 5) is 4.24. The largest absolute Gasteiger partial charge is 0.280 e. The second-order valence-corrected chi connectivity index (χ2v) is 4.25. The Morgan fingerprint density at radius 3 is 2.65 bits per heavy atom. The third kappa shape index (κ3) is 2.16. The fourth-order valence-electron chi connectivity index (χ4n) is 1.88. The van der Waals surface area contributed by atoms with Crippen LogP contribution in [0.3, 0.4) is 0 Å². The Kier molecular flexibility index (Phi) is 2.98. The standard InChI is InChI=1S/C14H10F2N4/c1-9-14(19-18-12-5-3-2-4-11(12)16)20-8-10(15)6-7-13(20)17-9/h2-8H,1H3. The number of aryl methyl sites for hydroxylation is 1. The van der Waals surface area contributed by atoms with E-state index in [0.29, 0.717) is 17.2 Å². The van der Waals surface area contributed by atoms with Gasteiger partial charge in [0.15, 0.2) is 11.6 Å². The summed E-state index contributed by atoms with van der Waals surface area (Å²) in [6.07, 6.45) is 1.27. The number of fused-ring (bicyclic) bond motifs is 1. The normalized spacial score (nSPS) is 11.6. The van der Waals surface area contributed by atoms with Crippen LogP contribution >= 0.6 is 0 Å². The van der Waals surface area contributed by atoms with Gasteiger partial charge in [0, 0.05) is 6.20 Å². The van der Waals surface area contributed by atoms with Gasteiger partial charge in [-0.3, -0.25) is 4.40 Å². The molecule has 0 amide bonds. The zero-order valence-electron chi connectivity index (χ0n) is 10.6. The first-order valence-electron chi connectivity index (χ1n) is 5.95. The summed E-state index contributed by atoms with van der Waals surface area (Å²) in [5.41, 5.74) is 1.28. The molecule has 4 nitrogen and oxygen atoms in total. The van der Waals surface area contributed by atoms with Crippen molar-refractivity contribution in [2.24, 2.45) is 10.2 Å². The molecule has 0 aliphatic rings. The molecule has 0 atom stereocenters. The van der Waals surface area contributed by atoms with Gasteiger partial charge in [0.1, 0.15) is 17.2 Å². The molecule has 2 aromatic heterocycles. The molecule has 3 aromatic rings. The van der Waals surface area contributed by atoms with E-state index in [1.165, 1.54) is 28.8 Å². The van der Waals surface area contributed by atoms with Crippen molar-refractivity contribution < 1.29 is 8.78 Å². The van der Waals surface area contributed by atoms with Crippen molar-refractivity contribution in [2.45, 2.75) is 6.92 Å². The van der Waals surface area contributed by atoms with E-state index < -0.39 is 11.6 Å². The number of azo groups is 1. The molecule has 0 aliphatic heterocycles. The van der Waals surface area contributed by atoms with Crippen molar-refractivity contribution in [2.75, 3.05) is 0 Å². The Balaban J connectivity index is 2.09. The van der Waals surface area contributed by atoms with E-state index in [4.69, 9.17) is 0 Å². The van der Waals surface area contributed by atoms with Crippen LogP contribution < -0.4 is 0 Å². The number of pyridine rings is 1. The first kappa shape index (κ1) is 12.4. The van der Waals surface area contributed by atoms with Gasteiger partial charge in [-0.25, -0.2) is 13.8 Å². The quantitative estimate of drug-likeness (QED) is 0.640. The summed E-state index contributed by atoms with van der Waals surface area (Å²) >= 11 is 0. The Morgan fingerprint density at radius 1 is 1.05 bits per heavy atom. The molecular formula is C14H10F2N4. The van der Waals surface area contributed by atoms with Crippen molar-refractivity contribution in [1.82, 2.24) is 9.38 Å². The third-order valence-electron chi connectivity index (χ3n) is 2.83. The molecule has 100 valence electrons. The summed E-state index contributed by atoms with van der Waals surface area (Å²) in [5, 5.41) is 7.84. The van der Waals surface area contributed by atoms with Gasteiger partial charge in [0.05, 0.1) is 5.69 Å². The number of halogens is 2. The summed E-state index contributed by atoms with van der Waals surface area (Å²) in [6, 6.07) is 8.92. The van der Waals surface area contributed by atoms with Crippen molar-refractivity contribution >= 4 is 17.2 Å². The smallest absolute Gasteiger partial charge is 0.182 e. The van der Waals surface area contributed by atoms with Crippen LogP contribution in [0.2, 0.25) is 0 Å². The van der Waals surface area contributed by atoms with Crippen LogP contribution in [0.25, 0.3) is 5.65 Å². The number of aromatic nitrogens is 2. The molecule has 0 N–H and O–H groups in total. The Labute approximate surface area is 113 Å². The topological polar surface area (TPSA) is 42.0 Å². The summed E-state index contributed by atoms with van der Waals surface area (Å²) in [5.74, 6) is -0.492. The molecule has 0 spiro atoms. The number of nitrogens with zero attached hydrogens (tertiary/aromatic N) is 4. The van der Waals surface area contributed by atoms with E-state index in [1.807, 2.05) is 0 Å². The van der Waals surface area contributed by atoms with Crippen LogP contribution in [-0.4, -0.2) is 9.38 Å². The highest BCUT2D eigenvalue weighted by atomic mass is 19.1. The van der Waals surface area contributed by atoms with Crippen LogP contribution in [-0.2, 0) is 0 Å². The number of hydrogen-bond acceptors (Lipinski definition) is 3. The monoisotopic (exact) mass is 272 g/mol. The van der Waals surface area contributed by atoms with E-state index in [1.54, 1.807) is 25.1 Å². The summed E-state index contributed by atoms with van der Waals surface area (Å²) in [6.45, 7) is 1.74. The molecule has 0 bridgehead atoms. The van der Waals surface area contributed by atoms with Crippen LogP contribution in [0.5, 0.6) is 0 Å². The fourth-order valence-corrected chi connectivity index (χ4v) is 1.88. The molecular weight excluding hydrogens is 262 g/mol. The fraction of sp³-hybridized carbons (Fsp3) is 0.0714. The van der Waals surface area contributed by atoms with Gasteiger partial charge in [-0.05, 0) is 31.2 Å². The van der Waals surface area contributed by atoms with Gasteiger partial charge in [-0.15, -0.1) is 10.2 Å². The Hall–Kier alpha value is -2.63. The Morgan fingerprint density at radius 2 is 1.85 bits per heavy atom. The average molecular weight is 272 g/mol. The Bertz CT molecular complexity index is 808. The first-order valence-corrected chi connectivity index (χ1v) is 5.95. The van der Waals surface area contributed by atoms with E-state index in [-0.39, 0.29) is 5.69 Å². The lowest BCUT2D eigenvalue weighted by Gasteiger charge is -1.97. The highest BCUT2D eigenvalue weighted by Gasteiger charge is 2.09. The maximum Gasteiger partial charge on any atom is 0.182 e. The molecule has 6 heteroatoms. The van der Waals surface area contributed by atoms with Crippen LogP contribution in [0.4, 0.5) is 20.3 Å². The highest BCUT2D eigenvalue weighted by molar-refractivity contribution is 5.51. The highest BCUT2D eigenvalue weighted by Crippen LogP contribution is 2.25. The lowest BCUT2D eigenvalue weighted by atomic mass is 10.3. The predicted molar refractivity (Wildman–Crippen MR) is 70.5 cm³/mol. The van der Waals surface area contributed by atoms with Gasteiger partial charge in [-0.1, -0.05) is 12.1 Å². The molecule has 0 aliphatic carbocycles. The predicted octanol–water partition coefficient (Wildman–Crippen LogP) is 4.34. The number of hydrogen-bond donors (Lipinski definition) is 0. The minimum Gasteiger partial charge on any atom is -0.280 e. The van der Waals surface area contributed by atoms with Crippen molar-refractivity contribution in [3.05, 3.63) is 59.9 Å². The van der Waals surface area contributed by atoms with Crippen LogP contribution in [0.15, 0.2) is 52.8 Å². The van der Waals surface area contributed by atoms with Crippen LogP contribution in [0, 0.1) is 18.6 Å². The van der Waals surface area contributed by atoms with E-state index >= 15 is 0 Å². The minimum atomic E-state index is -0.464. The zero-order valence-corrected chi connectivity index (χ0v) is 10.6. The molecule has 1 aromatic carbocycles. The second kappa shape index (κ2) is 4.80. The minimum absolute atomic E-state index is 0.123. The number of rotatable bonds is 2. The second-order valence-electron chi connectivity index (χ2n) is 4.25. The number of imidazole rings is 1. The maximum atomic E-state index is 13.5. The first-order chi connectivity index (χ1) is 9.65. The molecule has 0 radical (unpaired) electrons. The van der Waals surface area contributed by atoms with Gasteiger partial charge < -0.3 is 0 Å². The van der Waals surface area contributed by atoms with Gasteiger partial charge in [0.25, 0.3) is 0 Å². The van der Waals surface area contributed by atoms with Crippen molar-refractivity contribution in [1.29, 1.82) is 0 Å². The zero-order chi connectivity index (χ0) is 14.1. The lowest BCUT2D eigenvalue weighted by molar-refractivity contribution is 0.619. The van der Waals surface area contributed by atoms with E-state index in [9.17, 15) is 8.78 Å². The molecule has 0 saturated heterocycles. The van der Waals surface area contributed by atoms with Gasteiger partial charge in [-0.2, -0.15) is 0 Å². The van der Waals surface area contributed by atoms with Crippen molar-refractivity contribution in [3.63, 3.8) is 0 Å². The summed E-state index contributed by atoms with van der Waals surface area (Å²) in [7, 11) is 0. The molecule has 20 heavy (non-hydrogen) atoms. The molecule has 0 unspecified atom stereocenters. The van der Waals surface area contributed by atoms with E-state index in [2.05, 4.69) is 15.2 Å². The van der Waals surface area contributed by atoms with Crippen LogP contribution in [0.1, 0.15) is 5.69 Å². The molecule has 0 fully saturated rings. The van der Waals surface area contributed by atoms with Gasteiger partial charge >= 0.3 is 0 Å². The lowest BCUT2D eigenvalue weighted by Crippen LogP contribution is -1.85. The maximum absolute atomic E-state index is 13.5. The average Bonchev–Trinajstić information content (AvgIpc) is 2.73. The molecule has 3 rings (SSSR count). The molecule has 0 saturated carbocycles. The molecule has 2 heterocycles. The van der Waals surface area contributed by atoms with E-state index in [0.717, 1.165) is 0 Å². The van der Waals surface area contributed by atoms with Gasteiger partial charge in [0.2, 0.25) is 0 Å².